The van der Waals surface area contributed by atoms with Crippen LogP contribution in [0.15, 0.2) is 53.3 Å². The van der Waals surface area contributed by atoms with Crippen molar-refractivity contribution >= 4 is 10.9 Å². The van der Waals surface area contributed by atoms with E-state index in [2.05, 4.69) is 18.8 Å². The van der Waals surface area contributed by atoms with Crippen LogP contribution in [0, 0.1) is 6.92 Å². The van der Waals surface area contributed by atoms with Gasteiger partial charge in [0, 0.05) is 16.6 Å². The van der Waals surface area contributed by atoms with Crippen LogP contribution >= 0.6 is 0 Å². The number of aryl methyl sites for hydroxylation is 1. The minimum atomic E-state index is 0.126. The van der Waals surface area contributed by atoms with Crippen molar-refractivity contribution in [2.75, 3.05) is 13.1 Å². The van der Waals surface area contributed by atoms with Gasteiger partial charge in [-0.2, -0.15) is 0 Å². The molecule has 148 valence electrons. The molecule has 2 N–H and O–H groups in total. The molecule has 1 aromatic heterocycles. The summed E-state index contributed by atoms with van der Waals surface area (Å²) in [6, 6.07) is 15.8. The topological polar surface area (TPSA) is 46.5 Å². The van der Waals surface area contributed by atoms with E-state index >= 15 is 0 Å². The summed E-state index contributed by atoms with van der Waals surface area (Å²) >= 11 is 0. The van der Waals surface area contributed by atoms with E-state index in [0.717, 1.165) is 60.6 Å². The van der Waals surface area contributed by atoms with Crippen molar-refractivity contribution < 1.29 is 9.64 Å². The molecule has 4 nitrogen and oxygen atoms in total. The Labute approximate surface area is 167 Å². The Morgan fingerprint density at radius 3 is 2.39 bits per heavy atom. The van der Waals surface area contributed by atoms with Crippen molar-refractivity contribution in [3.8, 4) is 5.75 Å². The summed E-state index contributed by atoms with van der Waals surface area (Å²) in [6.07, 6.45) is 2.24. The van der Waals surface area contributed by atoms with Crippen LogP contribution in [0.4, 0.5) is 0 Å². The molecule has 2 aromatic carbocycles. The lowest BCUT2D eigenvalue weighted by Gasteiger charge is -2.19. The summed E-state index contributed by atoms with van der Waals surface area (Å²) in [5.74, 6) is 0.725. The monoisotopic (exact) mass is 379 g/mol. The first kappa shape index (κ1) is 20.2. The van der Waals surface area contributed by atoms with E-state index < -0.39 is 0 Å². The summed E-state index contributed by atoms with van der Waals surface area (Å²) < 4.78 is 5.93. The van der Waals surface area contributed by atoms with E-state index in [0.29, 0.717) is 12.0 Å². The first-order valence-corrected chi connectivity index (χ1v) is 10.3. The number of pyridine rings is 1. The van der Waals surface area contributed by atoms with Crippen LogP contribution in [0.1, 0.15) is 43.5 Å². The molecule has 0 amide bonds. The number of hydrogen-bond donors (Lipinski definition) is 2. The number of quaternary nitrogens is 1. The molecule has 28 heavy (non-hydrogen) atoms. The number of rotatable bonds is 9. The smallest absolute Gasteiger partial charge is 0.198 e. The highest BCUT2D eigenvalue weighted by molar-refractivity contribution is 5.81. The highest BCUT2D eigenvalue weighted by Gasteiger charge is 2.16. The van der Waals surface area contributed by atoms with Gasteiger partial charge in [0.05, 0.1) is 18.7 Å². The second-order valence-electron chi connectivity index (χ2n) is 7.47. The van der Waals surface area contributed by atoms with Crippen LogP contribution in [-0.4, -0.2) is 18.1 Å². The van der Waals surface area contributed by atoms with Crippen LogP contribution in [-0.2, 0) is 13.2 Å². The summed E-state index contributed by atoms with van der Waals surface area (Å²) in [6.45, 7) is 9.84. The molecular weight excluding hydrogens is 348 g/mol. The highest BCUT2D eigenvalue weighted by atomic mass is 16.5. The Hall–Kier alpha value is -2.59. The predicted molar refractivity (Wildman–Crippen MR) is 115 cm³/mol. The maximum Gasteiger partial charge on any atom is 0.198 e. The van der Waals surface area contributed by atoms with Crippen molar-refractivity contribution in [2.24, 2.45) is 0 Å². The summed E-state index contributed by atoms with van der Waals surface area (Å²) in [5.41, 5.74) is 3.97. The molecule has 0 bridgehead atoms. The number of nitrogens with one attached hydrogen (secondary N) is 2. The summed E-state index contributed by atoms with van der Waals surface area (Å²) in [4.78, 5) is 18.1. The predicted octanol–water partition coefficient (Wildman–Crippen LogP) is 3.62. The molecule has 0 fully saturated rings. The van der Waals surface area contributed by atoms with Gasteiger partial charge in [-0.25, -0.2) is 0 Å². The number of fused-ring (bicyclic) bond motifs is 1. The number of hydrogen-bond acceptors (Lipinski definition) is 2. The van der Waals surface area contributed by atoms with Crippen molar-refractivity contribution in [1.29, 1.82) is 0 Å². The Balaban J connectivity index is 1.88. The fourth-order valence-electron chi connectivity index (χ4n) is 3.73. The maximum absolute atomic E-state index is 13.2. The molecule has 0 spiro atoms. The van der Waals surface area contributed by atoms with Gasteiger partial charge in [0.2, 0.25) is 0 Å². The lowest BCUT2D eigenvalue weighted by Crippen LogP contribution is -3.10. The fourth-order valence-corrected chi connectivity index (χ4v) is 3.73. The fraction of sp³-hybridized carbons (Fsp3) is 0.375. The normalized spacial score (nSPS) is 11.3. The lowest BCUT2D eigenvalue weighted by molar-refractivity contribution is -0.914. The zero-order valence-corrected chi connectivity index (χ0v) is 17.2. The van der Waals surface area contributed by atoms with Crippen molar-refractivity contribution in [1.82, 2.24) is 4.98 Å². The third-order valence-corrected chi connectivity index (χ3v) is 5.17. The van der Waals surface area contributed by atoms with Gasteiger partial charge in [-0.15, -0.1) is 0 Å². The molecule has 4 heteroatoms. The van der Waals surface area contributed by atoms with Crippen molar-refractivity contribution in [2.45, 2.75) is 46.8 Å². The van der Waals surface area contributed by atoms with Gasteiger partial charge in [0.15, 0.2) is 5.43 Å². The van der Waals surface area contributed by atoms with E-state index in [4.69, 9.17) is 4.74 Å². The van der Waals surface area contributed by atoms with Gasteiger partial charge in [-0.05, 0) is 43.5 Å². The quantitative estimate of drug-likeness (QED) is 0.596. The molecule has 0 unspecified atom stereocenters. The number of benzene rings is 2. The molecule has 0 radical (unpaired) electrons. The SMILES string of the molecule is CCC[NH+](CCC)Cc1c(C)[nH]c2ccc(OCc3ccccc3)cc2c1=O. The van der Waals surface area contributed by atoms with Crippen molar-refractivity contribution in [3.05, 3.63) is 75.6 Å². The Morgan fingerprint density at radius 1 is 1.00 bits per heavy atom. The number of H-pyrrole nitrogens is 1. The first-order chi connectivity index (χ1) is 13.6. The molecular formula is C24H31N2O2+. The minimum absolute atomic E-state index is 0.126. The van der Waals surface area contributed by atoms with Gasteiger partial charge >= 0.3 is 0 Å². The number of ether oxygens (including phenoxy) is 1. The Kier molecular flexibility index (Phi) is 6.88. The first-order valence-electron chi connectivity index (χ1n) is 10.3. The van der Waals surface area contributed by atoms with Crippen LogP contribution < -0.4 is 15.1 Å². The van der Waals surface area contributed by atoms with Gasteiger partial charge in [0.1, 0.15) is 18.9 Å². The summed E-state index contributed by atoms with van der Waals surface area (Å²) in [7, 11) is 0. The molecule has 3 aromatic rings. The zero-order valence-electron chi connectivity index (χ0n) is 17.2. The van der Waals surface area contributed by atoms with Gasteiger partial charge in [0.25, 0.3) is 0 Å². The molecule has 0 aliphatic heterocycles. The molecule has 3 rings (SSSR count). The Morgan fingerprint density at radius 2 is 1.71 bits per heavy atom. The molecule has 0 saturated heterocycles. The maximum atomic E-state index is 13.2. The standard InChI is InChI=1S/C24H30N2O2/c1-4-13-26(14-5-2)16-22-18(3)25-23-12-11-20(15-21(23)24(22)27)28-17-19-9-7-6-8-10-19/h6-12,15H,4-5,13-14,16-17H2,1-3H3,(H,25,27)/p+1. The van der Waals surface area contributed by atoms with Gasteiger partial charge in [-0.1, -0.05) is 44.2 Å². The second-order valence-corrected chi connectivity index (χ2v) is 7.47. The number of aromatic amines is 1. The molecule has 0 aliphatic carbocycles. The largest absolute Gasteiger partial charge is 0.489 e. The van der Waals surface area contributed by atoms with Crippen LogP contribution in [0.25, 0.3) is 10.9 Å². The van der Waals surface area contributed by atoms with Gasteiger partial charge in [-0.3, -0.25) is 4.79 Å². The highest BCUT2D eigenvalue weighted by Crippen LogP contribution is 2.19. The molecule has 1 heterocycles. The lowest BCUT2D eigenvalue weighted by atomic mass is 10.1. The molecule has 0 aliphatic rings. The average molecular weight is 380 g/mol. The van der Waals surface area contributed by atoms with Gasteiger partial charge < -0.3 is 14.6 Å². The Bertz CT molecular complexity index is 957. The van der Waals surface area contributed by atoms with E-state index in [1.165, 1.54) is 4.90 Å². The van der Waals surface area contributed by atoms with E-state index in [9.17, 15) is 4.79 Å². The third-order valence-electron chi connectivity index (χ3n) is 5.17. The zero-order chi connectivity index (χ0) is 19.9. The second kappa shape index (κ2) is 9.56. The van der Waals surface area contributed by atoms with Crippen LogP contribution in [0.5, 0.6) is 5.75 Å². The molecule has 0 saturated carbocycles. The van der Waals surface area contributed by atoms with Crippen LogP contribution in [0.2, 0.25) is 0 Å². The average Bonchev–Trinajstić information content (AvgIpc) is 2.71. The van der Waals surface area contributed by atoms with E-state index in [-0.39, 0.29) is 5.43 Å². The molecule has 0 atom stereocenters. The van der Waals surface area contributed by atoms with Crippen molar-refractivity contribution in [3.63, 3.8) is 0 Å². The summed E-state index contributed by atoms with van der Waals surface area (Å²) in [5, 5.41) is 0.707. The van der Waals surface area contributed by atoms with Crippen LogP contribution in [0.3, 0.4) is 0 Å². The van der Waals surface area contributed by atoms with E-state index in [1.807, 2.05) is 55.5 Å². The minimum Gasteiger partial charge on any atom is -0.489 e. The third kappa shape index (κ3) is 4.82. The number of aromatic nitrogens is 1. The van der Waals surface area contributed by atoms with E-state index in [1.54, 1.807) is 0 Å².